The summed E-state index contributed by atoms with van der Waals surface area (Å²) in [6.45, 7) is 9.01. The van der Waals surface area contributed by atoms with E-state index in [0.717, 1.165) is 54.4 Å². The summed E-state index contributed by atoms with van der Waals surface area (Å²) < 4.78 is 0. The van der Waals surface area contributed by atoms with Gasteiger partial charge in [0, 0.05) is 30.0 Å². The quantitative estimate of drug-likeness (QED) is 0.549. The molecular weight excluding hydrogens is 390 g/mol. The summed E-state index contributed by atoms with van der Waals surface area (Å²) in [5, 5.41) is 8.83. The number of thiazole rings is 1. The molecule has 3 rings (SSSR count). The Morgan fingerprint density at radius 2 is 2.00 bits per heavy atom. The lowest BCUT2D eigenvalue weighted by Crippen LogP contribution is -2.42. The summed E-state index contributed by atoms with van der Waals surface area (Å²) in [6, 6.07) is 8.14. The number of hydrogen-bond donors (Lipinski definition) is 2. The molecular formula is C21H30ClN5S. The highest BCUT2D eigenvalue weighted by Crippen LogP contribution is 2.22. The van der Waals surface area contributed by atoms with E-state index in [0.29, 0.717) is 5.92 Å². The molecule has 1 fully saturated rings. The van der Waals surface area contributed by atoms with Crippen molar-refractivity contribution in [2.75, 3.05) is 26.7 Å². The van der Waals surface area contributed by atoms with Gasteiger partial charge in [-0.2, -0.15) is 0 Å². The molecule has 0 atom stereocenters. The number of guanidine groups is 1. The molecule has 7 heteroatoms. The van der Waals surface area contributed by atoms with E-state index in [4.69, 9.17) is 11.6 Å². The summed E-state index contributed by atoms with van der Waals surface area (Å²) in [6.07, 6.45) is 2.39. The number of rotatable bonds is 6. The van der Waals surface area contributed by atoms with Gasteiger partial charge in [0.25, 0.3) is 0 Å². The van der Waals surface area contributed by atoms with Crippen LogP contribution in [0.2, 0.25) is 5.02 Å². The average molecular weight is 420 g/mol. The van der Waals surface area contributed by atoms with Crippen LogP contribution in [0, 0.1) is 19.8 Å². The second kappa shape index (κ2) is 10.2. The molecule has 0 amide bonds. The number of aliphatic imine (C=N–C) groups is 1. The highest BCUT2D eigenvalue weighted by molar-refractivity contribution is 7.11. The van der Waals surface area contributed by atoms with Crippen molar-refractivity contribution in [3.05, 3.63) is 50.4 Å². The Morgan fingerprint density at radius 3 is 2.64 bits per heavy atom. The predicted molar refractivity (Wildman–Crippen MR) is 119 cm³/mol. The van der Waals surface area contributed by atoms with Crippen LogP contribution in [-0.2, 0) is 13.1 Å². The lowest BCUT2D eigenvalue weighted by Gasteiger charge is -2.32. The van der Waals surface area contributed by atoms with Gasteiger partial charge in [-0.25, -0.2) is 4.98 Å². The van der Waals surface area contributed by atoms with Gasteiger partial charge >= 0.3 is 0 Å². The topological polar surface area (TPSA) is 52.6 Å². The van der Waals surface area contributed by atoms with Gasteiger partial charge in [0.1, 0.15) is 5.01 Å². The first-order valence-electron chi connectivity index (χ1n) is 9.88. The number of nitrogens with zero attached hydrogens (tertiary/aromatic N) is 3. The van der Waals surface area contributed by atoms with E-state index in [-0.39, 0.29) is 0 Å². The number of halogens is 1. The number of likely N-dealkylation sites (tertiary alicyclic amines) is 1. The van der Waals surface area contributed by atoms with Crippen molar-refractivity contribution < 1.29 is 0 Å². The van der Waals surface area contributed by atoms with E-state index in [1.54, 1.807) is 11.3 Å². The van der Waals surface area contributed by atoms with Gasteiger partial charge in [-0.1, -0.05) is 29.8 Å². The maximum atomic E-state index is 6.30. The zero-order valence-electron chi connectivity index (χ0n) is 17.0. The number of hydrogen-bond acceptors (Lipinski definition) is 4. The maximum Gasteiger partial charge on any atom is 0.191 e. The summed E-state index contributed by atoms with van der Waals surface area (Å²) >= 11 is 8.04. The molecule has 0 radical (unpaired) electrons. The Bertz CT molecular complexity index is 776. The fraction of sp³-hybridized carbons (Fsp3) is 0.524. The normalized spacial score (nSPS) is 16.4. The van der Waals surface area contributed by atoms with Gasteiger partial charge in [0.2, 0.25) is 0 Å². The number of benzene rings is 1. The van der Waals surface area contributed by atoms with Crippen LogP contribution in [0.3, 0.4) is 0 Å². The highest BCUT2D eigenvalue weighted by Gasteiger charge is 2.20. The minimum Gasteiger partial charge on any atom is -0.356 e. The first-order chi connectivity index (χ1) is 13.5. The fourth-order valence-corrected chi connectivity index (χ4v) is 4.52. The largest absolute Gasteiger partial charge is 0.356 e. The minimum atomic E-state index is 0.672. The number of piperidine rings is 1. The van der Waals surface area contributed by atoms with E-state index in [9.17, 15) is 0 Å². The molecule has 1 aliphatic heterocycles. The van der Waals surface area contributed by atoms with Crippen molar-refractivity contribution in [3.63, 3.8) is 0 Å². The molecule has 2 heterocycles. The molecule has 1 saturated heterocycles. The van der Waals surface area contributed by atoms with E-state index in [1.165, 1.54) is 23.3 Å². The first kappa shape index (κ1) is 21.1. The van der Waals surface area contributed by atoms with Crippen LogP contribution in [0.4, 0.5) is 0 Å². The monoisotopic (exact) mass is 419 g/mol. The van der Waals surface area contributed by atoms with Crippen LogP contribution in [0.15, 0.2) is 29.3 Å². The van der Waals surface area contributed by atoms with Crippen LogP contribution in [0.5, 0.6) is 0 Å². The maximum absolute atomic E-state index is 6.30. The van der Waals surface area contributed by atoms with Crippen molar-refractivity contribution in [2.45, 2.75) is 39.8 Å². The van der Waals surface area contributed by atoms with Crippen molar-refractivity contribution in [1.29, 1.82) is 0 Å². The molecule has 0 saturated carbocycles. The second-order valence-corrected chi connectivity index (χ2v) is 9.06. The molecule has 0 spiro atoms. The SMILES string of the molecule is CN=C(NCc1nc(C)c(C)s1)NCC1CCN(Cc2ccccc2Cl)CC1. The Hall–Kier alpha value is -1.63. The van der Waals surface area contributed by atoms with Gasteiger partial charge in [-0.05, 0) is 57.3 Å². The molecule has 5 nitrogen and oxygen atoms in total. The van der Waals surface area contributed by atoms with Gasteiger partial charge in [0.05, 0.1) is 12.2 Å². The molecule has 0 unspecified atom stereocenters. The van der Waals surface area contributed by atoms with Crippen molar-refractivity contribution >= 4 is 28.9 Å². The van der Waals surface area contributed by atoms with Crippen LogP contribution in [-0.4, -0.2) is 42.5 Å². The fourth-order valence-electron chi connectivity index (χ4n) is 3.45. The standard InChI is InChI=1S/C21H30ClN5S/c1-15-16(2)28-20(26-15)13-25-21(23-3)24-12-17-8-10-27(11-9-17)14-18-6-4-5-7-19(18)22/h4-7,17H,8-14H2,1-3H3,(H2,23,24,25). The molecule has 28 heavy (non-hydrogen) atoms. The van der Waals surface area contributed by atoms with Crippen LogP contribution in [0.1, 0.15) is 34.0 Å². The summed E-state index contributed by atoms with van der Waals surface area (Å²) in [5.74, 6) is 1.52. The lowest BCUT2D eigenvalue weighted by atomic mass is 9.96. The predicted octanol–water partition coefficient (Wildman–Crippen LogP) is 3.99. The van der Waals surface area contributed by atoms with Crippen LogP contribution >= 0.6 is 22.9 Å². The van der Waals surface area contributed by atoms with Crippen molar-refractivity contribution in [1.82, 2.24) is 20.5 Å². The number of aryl methyl sites for hydroxylation is 2. The number of nitrogens with one attached hydrogen (secondary N) is 2. The Morgan fingerprint density at radius 1 is 1.25 bits per heavy atom. The molecule has 2 aromatic rings. The third-order valence-electron chi connectivity index (χ3n) is 5.32. The van der Waals surface area contributed by atoms with E-state index in [1.807, 2.05) is 19.2 Å². The van der Waals surface area contributed by atoms with Gasteiger partial charge < -0.3 is 10.6 Å². The molecule has 2 N–H and O–H groups in total. The second-order valence-electron chi connectivity index (χ2n) is 7.37. The first-order valence-corrected chi connectivity index (χ1v) is 11.1. The van der Waals surface area contributed by atoms with E-state index < -0.39 is 0 Å². The minimum absolute atomic E-state index is 0.672. The van der Waals surface area contributed by atoms with Crippen LogP contribution in [0.25, 0.3) is 0 Å². The smallest absolute Gasteiger partial charge is 0.191 e. The zero-order chi connectivity index (χ0) is 19.9. The van der Waals surface area contributed by atoms with Gasteiger partial charge in [-0.3, -0.25) is 9.89 Å². The van der Waals surface area contributed by atoms with E-state index >= 15 is 0 Å². The van der Waals surface area contributed by atoms with Crippen molar-refractivity contribution in [3.8, 4) is 0 Å². The highest BCUT2D eigenvalue weighted by atomic mass is 35.5. The summed E-state index contributed by atoms with van der Waals surface area (Å²) in [5.41, 5.74) is 2.34. The summed E-state index contributed by atoms with van der Waals surface area (Å²) in [7, 11) is 1.82. The zero-order valence-corrected chi connectivity index (χ0v) is 18.5. The molecule has 1 aromatic heterocycles. The van der Waals surface area contributed by atoms with Crippen LogP contribution < -0.4 is 10.6 Å². The average Bonchev–Trinajstić information content (AvgIpc) is 3.02. The molecule has 0 bridgehead atoms. The lowest BCUT2D eigenvalue weighted by molar-refractivity contribution is 0.178. The number of aromatic nitrogens is 1. The molecule has 0 aliphatic carbocycles. The van der Waals surface area contributed by atoms with E-state index in [2.05, 4.69) is 51.5 Å². The third-order valence-corrected chi connectivity index (χ3v) is 6.76. The third kappa shape index (κ3) is 5.93. The Balaban J connectivity index is 1.38. The Kier molecular flexibility index (Phi) is 7.71. The molecule has 152 valence electrons. The Labute approximate surface area is 177 Å². The molecule has 1 aromatic carbocycles. The molecule has 1 aliphatic rings. The van der Waals surface area contributed by atoms with Gasteiger partial charge in [-0.15, -0.1) is 11.3 Å². The van der Waals surface area contributed by atoms with Gasteiger partial charge in [0.15, 0.2) is 5.96 Å². The summed E-state index contributed by atoms with van der Waals surface area (Å²) in [4.78, 5) is 12.7. The van der Waals surface area contributed by atoms with Crippen molar-refractivity contribution in [2.24, 2.45) is 10.9 Å².